The van der Waals surface area contributed by atoms with Crippen LogP contribution in [-0.2, 0) is 4.74 Å². The second-order valence-corrected chi connectivity index (χ2v) is 4.92. The number of aromatic nitrogens is 1. The van der Waals surface area contributed by atoms with Gasteiger partial charge in [-0.05, 0) is 39.4 Å². The molecule has 1 aromatic rings. The van der Waals surface area contributed by atoms with Gasteiger partial charge in [0.25, 0.3) is 0 Å². The fourth-order valence-corrected chi connectivity index (χ4v) is 1.37. The molecule has 134 valence electrons. The Balaban J connectivity index is 3.11. The maximum atomic E-state index is 14.8. The highest BCUT2D eigenvalue weighted by Gasteiger charge is 2.33. The van der Waals surface area contributed by atoms with Crippen LogP contribution in [0.15, 0.2) is 12.2 Å². The van der Waals surface area contributed by atoms with Gasteiger partial charge in [-0.2, -0.15) is 0 Å². The van der Waals surface area contributed by atoms with E-state index in [-0.39, 0.29) is 0 Å². The Kier molecular flexibility index (Phi) is 1.77. The summed E-state index contributed by atoms with van der Waals surface area (Å²) in [5, 5.41) is -0.898. The average molecular weight is 360 g/mol. The molecule has 0 spiro atoms. The largest absolute Gasteiger partial charge is 0.444 e. The Labute approximate surface area is 166 Å². The molecule has 0 aromatic carbocycles. The van der Waals surface area contributed by atoms with Crippen molar-refractivity contribution in [1.29, 1.82) is 0 Å². The number of carbonyl (C=O) groups excluding carboxylic acids is 1. The summed E-state index contributed by atoms with van der Waals surface area (Å²) >= 11 is 0. The van der Waals surface area contributed by atoms with Crippen molar-refractivity contribution < 1.29 is 43.0 Å². The van der Waals surface area contributed by atoms with E-state index >= 15 is 0 Å². The zero-order valence-electron chi connectivity index (χ0n) is 30.5. The molecule has 0 aliphatic carbocycles. The number of halogens is 2. The second kappa shape index (κ2) is 7.32. The van der Waals surface area contributed by atoms with Crippen LogP contribution >= 0.6 is 0 Å². The summed E-state index contributed by atoms with van der Waals surface area (Å²) in [7, 11) is 0. The maximum absolute atomic E-state index is 14.8. The van der Waals surface area contributed by atoms with E-state index in [4.69, 9.17) is 29.5 Å². The molecular weight excluding hydrogens is 316 g/mol. The van der Waals surface area contributed by atoms with Gasteiger partial charge in [-0.1, -0.05) is 6.85 Å². The van der Waals surface area contributed by atoms with Gasteiger partial charge in [-0.15, -0.1) is 0 Å². The molecule has 1 saturated heterocycles. The quantitative estimate of drug-likeness (QED) is 0.892. The highest BCUT2D eigenvalue weighted by molar-refractivity contribution is 5.68. The van der Waals surface area contributed by atoms with Crippen molar-refractivity contribution in [3.63, 3.8) is 0 Å². The van der Waals surface area contributed by atoms with Crippen molar-refractivity contribution in [2.75, 3.05) is 18.3 Å². The first-order chi connectivity index (χ1) is 18.4. The molecule has 24 heavy (non-hydrogen) atoms. The van der Waals surface area contributed by atoms with E-state index in [2.05, 4.69) is 4.98 Å². The summed E-state index contributed by atoms with van der Waals surface area (Å²) in [6.45, 7) is -13.4. The Bertz CT molecular complexity index is 1260. The van der Waals surface area contributed by atoms with Crippen LogP contribution in [0.4, 0.5) is 19.4 Å². The molecule has 1 aliphatic rings. The summed E-state index contributed by atoms with van der Waals surface area (Å²) in [4.78, 5) is 15.5. The van der Waals surface area contributed by atoms with Crippen molar-refractivity contribution in [3.05, 3.63) is 23.8 Å². The van der Waals surface area contributed by atoms with Gasteiger partial charge < -0.3 is 14.9 Å². The monoisotopic (exact) mass is 359 g/mol. The molecule has 1 fully saturated rings. The zero-order chi connectivity index (χ0) is 33.6. The van der Waals surface area contributed by atoms with Gasteiger partial charge in [0.1, 0.15) is 11.4 Å². The van der Waals surface area contributed by atoms with E-state index in [1.54, 1.807) is 0 Å². The van der Waals surface area contributed by atoms with E-state index in [0.29, 0.717) is 0 Å². The molecule has 1 amide bonds. The Morgan fingerprint density at radius 3 is 3.25 bits per heavy atom. The van der Waals surface area contributed by atoms with Gasteiger partial charge in [0.15, 0.2) is 13.0 Å². The van der Waals surface area contributed by atoms with Crippen molar-refractivity contribution >= 4 is 11.9 Å². The van der Waals surface area contributed by atoms with Crippen LogP contribution in [0.2, 0.25) is 1.41 Å². The predicted octanol–water partition coefficient (Wildman–Crippen LogP) is 3.81. The molecule has 0 radical (unpaired) electrons. The summed E-state index contributed by atoms with van der Waals surface area (Å²) in [5.74, 6) is -10.2. The highest BCUT2D eigenvalue weighted by Crippen LogP contribution is 2.24. The third kappa shape index (κ3) is 5.04. The number of hydrogen-bond donors (Lipinski definition) is 1. The number of ether oxygens (including phenoxy) is 1. The van der Waals surface area contributed by atoms with Crippen molar-refractivity contribution in [3.8, 4) is 0 Å². The zero-order valence-corrected chi connectivity index (χ0v) is 12.5. The van der Waals surface area contributed by atoms with Crippen LogP contribution in [0.3, 0.4) is 0 Å². The van der Waals surface area contributed by atoms with Crippen molar-refractivity contribution in [2.45, 2.75) is 51.9 Å². The van der Waals surface area contributed by atoms with E-state index in [0.717, 1.165) is 13.8 Å². The first-order valence-corrected chi connectivity index (χ1v) is 6.34. The normalized spacial score (nSPS) is 46.1. The minimum absolute atomic E-state index is 0.890. The van der Waals surface area contributed by atoms with Gasteiger partial charge in [0.2, 0.25) is 0 Å². The summed E-state index contributed by atoms with van der Waals surface area (Å²) in [6, 6.07) is -6.33. The number of carbonyl (C=O) groups is 1. The third-order valence-electron chi connectivity index (χ3n) is 2.23. The molecule has 2 atom stereocenters. The lowest BCUT2D eigenvalue weighted by Crippen LogP contribution is -2.51. The summed E-state index contributed by atoms with van der Waals surface area (Å²) in [5.41, 5.74) is -2.28. The lowest BCUT2D eigenvalue weighted by molar-refractivity contribution is 0.00577. The first kappa shape index (κ1) is 5.81. The molecule has 2 heterocycles. The lowest BCUT2D eigenvalue weighted by Gasteiger charge is -2.39. The smallest absolute Gasteiger partial charge is 0.410 e. The van der Waals surface area contributed by atoms with Crippen LogP contribution in [-0.4, -0.2) is 40.6 Å². The topological polar surface area (TPSA) is 54.5 Å². The molecule has 0 saturated carbocycles. The number of rotatable bonds is 3. The van der Waals surface area contributed by atoms with E-state index in [1.165, 1.54) is 0 Å². The Hall–Kier alpha value is -1.92. The molecule has 1 N–H and O–H groups in total. The minimum Gasteiger partial charge on any atom is -0.444 e. The average Bonchev–Trinajstić information content (AvgIpc) is 2.81. The second-order valence-electron chi connectivity index (χ2n) is 4.92. The van der Waals surface area contributed by atoms with Crippen LogP contribution in [0.25, 0.3) is 0 Å². The predicted molar refractivity (Wildman–Crippen MR) is 87.8 cm³/mol. The molecule has 0 unspecified atom stereocenters. The number of nitrogens with zero attached hydrogens (tertiary/aromatic N) is 2. The molecule has 0 bridgehead atoms. The molecule has 1 aliphatic heterocycles. The SMILES string of the molecule is [2H]c1nc(N([2H])C([2H])([2H])[C@@]2([2H])N(C(=O)OC(C)(C)C([2H])[2H])C([2H])([2H])[C@@]([2H])(C([2H])([2H])[2H])C([2H])([2H])C2([2H])[2H])c(F)c([2H])c1F. The molecule has 7 heteroatoms. The fourth-order valence-electron chi connectivity index (χ4n) is 1.37. The minimum atomic E-state index is -4.59. The van der Waals surface area contributed by atoms with E-state index < -0.39 is 103 Å². The van der Waals surface area contributed by atoms with E-state index in [1.807, 2.05) is 0 Å². The van der Waals surface area contributed by atoms with Gasteiger partial charge in [-0.3, -0.25) is 0 Å². The third-order valence-corrected chi connectivity index (χ3v) is 2.23. The number of pyridine rings is 1. The Morgan fingerprint density at radius 1 is 1.75 bits per heavy atom. The maximum Gasteiger partial charge on any atom is 0.410 e. The first-order valence-electron chi connectivity index (χ1n) is 15.4. The van der Waals surface area contributed by atoms with Crippen molar-refractivity contribution in [1.82, 2.24) is 9.88 Å². The van der Waals surface area contributed by atoms with E-state index in [9.17, 15) is 13.6 Å². The summed E-state index contributed by atoms with van der Waals surface area (Å²) in [6.07, 6.45) is -12.9. The fraction of sp³-hybridized carbons (Fsp3) is 0.647. The number of amides is 1. The van der Waals surface area contributed by atoms with Gasteiger partial charge in [0, 0.05) is 35.5 Å². The molecule has 5 nitrogen and oxygen atoms in total. The molecule has 2 rings (SSSR count). The Morgan fingerprint density at radius 2 is 2.54 bits per heavy atom. The lowest BCUT2D eigenvalue weighted by atomic mass is 9.94. The van der Waals surface area contributed by atoms with Crippen LogP contribution < -0.4 is 5.31 Å². The number of nitrogens with one attached hydrogen (secondary N) is 1. The molecule has 1 aromatic heterocycles. The standard InChI is InChI=1S/C17H25F2N3O2/c1-11-5-6-13(22(10-11)16(23)24-17(2,3)4)9-21-15-14(19)7-12(18)8-20-15/h7-8,11,13H,5-6,9-10H2,1-4H3,(H,20,21)/t11-,13-/m0/s1/i1D3,2D2,5D2,6D2,7D,8D,9D2,10D2,11D,13D/hD. The highest BCUT2D eigenvalue weighted by atomic mass is 19.1. The number of anilines is 1. The number of piperidine rings is 1. The summed E-state index contributed by atoms with van der Waals surface area (Å²) < 4.78 is 179. The number of hydrogen-bond acceptors (Lipinski definition) is 4. The van der Waals surface area contributed by atoms with Crippen LogP contribution in [0.1, 0.15) is 63.6 Å². The van der Waals surface area contributed by atoms with Gasteiger partial charge in [0.05, 0.1) is 19.0 Å². The van der Waals surface area contributed by atoms with Gasteiger partial charge in [-0.25, -0.2) is 18.6 Å². The van der Waals surface area contributed by atoms with Crippen LogP contribution in [0, 0.1) is 17.5 Å². The van der Waals surface area contributed by atoms with Crippen molar-refractivity contribution in [2.24, 2.45) is 5.89 Å². The van der Waals surface area contributed by atoms with Crippen LogP contribution in [0.5, 0.6) is 0 Å². The molecular formula is C17H25F2N3O2. The number of likely N-dealkylation sites (tertiary alicyclic amines) is 1. The van der Waals surface area contributed by atoms with Gasteiger partial charge >= 0.3 is 6.09 Å².